The van der Waals surface area contributed by atoms with Gasteiger partial charge in [0.25, 0.3) is 0 Å². The Kier molecular flexibility index (Phi) is 4.75. The smallest absolute Gasteiger partial charge is 0.208 e. The van der Waals surface area contributed by atoms with E-state index in [2.05, 4.69) is 50.4 Å². The van der Waals surface area contributed by atoms with Crippen molar-refractivity contribution in [1.82, 2.24) is 4.72 Å². The fourth-order valence-corrected chi connectivity index (χ4v) is 5.59. The van der Waals surface area contributed by atoms with Crippen molar-refractivity contribution in [2.75, 3.05) is 0 Å². The Hall–Kier alpha value is 0.0900. The monoisotopic (exact) mass is 409 g/mol. The predicted molar refractivity (Wildman–Crippen MR) is 83.5 cm³/mol. The van der Waals surface area contributed by atoms with Crippen LogP contribution < -0.4 is 4.72 Å². The van der Waals surface area contributed by atoms with Crippen LogP contribution in [0.3, 0.4) is 0 Å². The molecule has 19 heavy (non-hydrogen) atoms. The molecule has 1 aliphatic carbocycles. The fourth-order valence-electron chi connectivity index (χ4n) is 2.49. The van der Waals surface area contributed by atoms with Crippen LogP contribution in [0.15, 0.2) is 32.0 Å². The summed E-state index contributed by atoms with van der Waals surface area (Å²) in [7, 11) is -3.47. The molecular formula is C13H17Br2NO2S. The average Bonchev–Trinajstić information content (AvgIpc) is 2.60. The number of nitrogens with one attached hydrogen (secondary N) is 1. The van der Waals surface area contributed by atoms with Gasteiger partial charge in [0.1, 0.15) is 0 Å². The van der Waals surface area contributed by atoms with Crippen LogP contribution >= 0.6 is 31.9 Å². The van der Waals surface area contributed by atoms with Gasteiger partial charge in [-0.25, -0.2) is 13.1 Å². The third-order valence-corrected chi connectivity index (χ3v) is 6.92. The van der Waals surface area contributed by atoms with Crippen LogP contribution in [0.4, 0.5) is 0 Å². The lowest BCUT2D eigenvalue weighted by Gasteiger charge is -2.20. The van der Waals surface area contributed by atoms with Crippen molar-refractivity contribution < 1.29 is 8.42 Å². The van der Waals surface area contributed by atoms with Crippen molar-refractivity contribution in [3.05, 3.63) is 27.1 Å². The minimum absolute atomic E-state index is 0.0375. The van der Waals surface area contributed by atoms with Gasteiger partial charge in [0.15, 0.2) is 0 Å². The van der Waals surface area contributed by atoms with E-state index in [0.717, 1.165) is 17.3 Å². The van der Waals surface area contributed by atoms with E-state index >= 15 is 0 Å². The SMILES string of the molecule is CC1CCC(NS(=O)(=O)c2ccc(Br)cc2Br)C1C. The Labute approximate surface area is 131 Å². The van der Waals surface area contributed by atoms with E-state index in [1.165, 1.54) is 0 Å². The van der Waals surface area contributed by atoms with Gasteiger partial charge in [0.2, 0.25) is 10.0 Å². The zero-order valence-electron chi connectivity index (χ0n) is 10.9. The second-order valence-electron chi connectivity index (χ2n) is 5.22. The number of benzene rings is 1. The van der Waals surface area contributed by atoms with E-state index in [4.69, 9.17) is 0 Å². The Balaban J connectivity index is 2.23. The maximum atomic E-state index is 12.4. The molecule has 3 atom stereocenters. The van der Waals surface area contributed by atoms with Crippen molar-refractivity contribution in [2.24, 2.45) is 11.8 Å². The van der Waals surface area contributed by atoms with Crippen LogP contribution in [0.1, 0.15) is 26.7 Å². The van der Waals surface area contributed by atoms with E-state index in [-0.39, 0.29) is 6.04 Å². The maximum Gasteiger partial charge on any atom is 0.241 e. The molecule has 0 aromatic heterocycles. The standard InChI is InChI=1S/C13H17Br2NO2S/c1-8-3-5-12(9(8)2)16-19(17,18)13-6-4-10(14)7-11(13)15/h4,6-9,12,16H,3,5H2,1-2H3. The summed E-state index contributed by atoms with van der Waals surface area (Å²) in [4.78, 5) is 0.294. The molecule has 0 heterocycles. The molecular weight excluding hydrogens is 394 g/mol. The number of hydrogen-bond donors (Lipinski definition) is 1. The number of rotatable bonds is 3. The van der Waals surface area contributed by atoms with Crippen LogP contribution in [0.5, 0.6) is 0 Å². The van der Waals surface area contributed by atoms with Gasteiger partial charge >= 0.3 is 0 Å². The normalized spacial score (nSPS) is 27.7. The zero-order chi connectivity index (χ0) is 14.2. The van der Waals surface area contributed by atoms with Crippen molar-refractivity contribution in [2.45, 2.75) is 37.6 Å². The molecule has 2 rings (SSSR count). The first-order valence-corrected chi connectivity index (χ1v) is 9.35. The molecule has 1 aromatic rings. The highest BCUT2D eigenvalue weighted by atomic mass is 79.9. The van der Waals surface area contributed by atoms with E-state index in [1.54, 1.807) is 18.2 Å². The van der Waals surface area contributed by atoms with Gasteiger partial charge in [-0.05, 0) is 58.8 Å². The molecule has 1 N–H and O–H groups in total. The minimum Gasteiger partial charge on any atom is -0.208 e. The van der Waals surface area contributed by atoms with E-state index < -0.39 is 10.0 Å². The first kappa shape index (κ1) is 15.5. The van der Waals surface area contributed by atoms with Crippen LogP contribution in [-0.2, 0) is 10.0 Å². The Morgan fingerprint density at radius 1 is 1.21 bits per heavy atom. The van der Waals surface area contributed by atoms with Gasteiger partial charge in [0.05, 0.1) is 4.90 Å². The van der Waals surface area contributed by atoms with E-state index in [1.807, 2.05) is 0 Å². The van der Waals surface area contributed by atoms with Crippen LogP contribution in [-0.4, -0.2) is 14.5 Å². The molecule has 106 valence electrons. The fraction of sp³-hybridized carbons (Fsp3) is 0.538. The average molecular weight is 411 g/mol. The van der Waals surface area contributed by atoms with Gasteiger partial charge in [-0.3, -0.25) is 0 Å². The van der Waals surface area contributed by atoms with E-state index in [9.17, 15) is 8.42 Å². The molecule has 3 nitrogen and oxygen atoms in total. The quantitative estimate of drug-likeness (QED) is 0.820. The first-order valence-electron chi connectivity index (χ1n) is 6.28. The molecule has 0 bridgehead atoms. The van der Waals surface area contributed by atoms with Crippen molar-refractivity contribution in [1.29, 1.82) is 0 Å². The highest BCUT2D eigenvalue weighted by Crippen LogP contribution is 2.33. The van der Waals surface area contributed by atoms with Gasteiger partial charge in [-0.1, -0.05) is 29.8 Å². The third kappa shape index (κ3) is 3.40. The summed E-state index contributed by atoms with van der Waals surface area (Å²) in [6.45, 7) is 4.29. The summed E-state index contributed by atoms with van der Waals surface area (Å²) in [6, 6.07) is 5.13. The molecule has 6 heteroatoms. The molecule has 1 aliphatic rings. The Morgan fingerprint density at radius 3 is 2.42 bits per heavy atom. The lowest BCUT2D eigenvalue weighted by atomic mass is 9.98. The van der Waals surface area contributed by atoms with Crippen molar-refractivity contribution >= 4 is 41.9 Å². The van der Waals surface area contributed by atoms with E-state index in [0.29, 0.717) is 21.2 Å². The van der Waals surface area contributed by atoms with Crippen LogP contribution in [0, 0.1) is 11.8 Å². The maximum absolute atomic E-state index is 12.4. The molecule has 0 saturated heterocycles. The summed E-state index contributed by atoms with van der Waals surface area (Å²) in [5.74, 6) is 0.949. The van der Waals surface area contributed by atoms with Crippen LogP contribution in [0.25, 0.3) is 0 Å². The van der Waals surface area contributed by atoms with Gasteiger partial charge in [-0.2, -0.15) is 0 Å². The summed E-state index contributed by atoms with van der Waals surface area (Å²) < 4.78 is 29.1. The number of sulfonamides is 1. The second-order valence-corrected chi connectivity index (χ2v) is 8.67. The molecule has 1 fully saturated rings. The molecule has 3 unspecified atom stereocenters. The third-order valence-electron chi connectivity index (χ3n) is 3.96. The summed E-state index contributed by atoms with van der Waals surface area (Å²) in [5, 5.41) is 0. The molecule has 0 amide bonds. The zero-order valence-corrected chi connectivity index (χ0v) is 14.8. The second kappa shape index (κ2) is 5.84. The van der Waals surface area contributed by atoms with Crippen molar-refractivity contribution in [3.8, 4) is 0 Å². The van der Waals surface area contributed by atoms with Gasteiger partial charge < -0.3 is 0 Å². The Morgan fingerprint density at radius 2 is 1.89 bits per heavy atom. The summed E-state index contributed by atoms with van der Waals surface area (Å²) >= 11 is 6.63. The molecule has 1 saturated carbocycles. The van der Waals surface area contributed by atoms with Gasteiger partial charge in [0, 0.05) is 15.0 Å². The highest BCUT2D eigenvalue weighted by molar-refractivity contribution is 9.11. The number of halogens is 2. The molecule has 0 spiro atoms. The predicted octanol–water partition coefficient (Wildman–Crippen LogP) is 3.92. The Bertz CT molecular complexity index is 574. The first-order chi connectivity index (χ1) is 8.81. The lowest BCUT2D eigenvalue weighted by molar-refractivity contribution is 0.402. The highest BCUT2D eigenvalue weighted by Gasteiger charge is 2.33. The van der Waals surface area contributed by atoms with Gasteiger partial charge in [-0.15, -0.1) is 0 Å². The topological polar surface area (TPSA) is 46.2 Å². The lowest BCUT2D eigenvalue weighted by Crippen LogP contribution is -2.37. The minimum atomic E-state index is -3.47. The summed E-state index contributed by atoms with van der Waals surface area (Å²) in [6.07, 6.45) is 1.99. The summed E-state index contributed by atoms with van der Waals surface area (Å²) in [5.41, 5.74) is 0. The molecule has 0 radical (unpaired) electrons. The van der Waals surface area contributed by atoms with Crippen LogP contribution in [0.2, 0.25) is 0 Å². The molecule has 0 aliphatic heterocycles. The molecule has 1 aromatic carbocycles. The van der Waals surface area contributed by atoms with Crippen molar-refractivity contribution in [3.63, 3.8) is 0 Å². The largest absolute Gasteiger partial charge is 0.241 e. The number of hydrogen-bond acceptors (Lipinski definition) is 2.